The lowest BCUT2D eigenvalue weighted by atomic mass is 10.3. The summed E-state index contributed by atoms with van der Waals surface area (Å²) >= 11 is 0. The minimum absolute atomic E-state index is 0.0366. The zero-order chi connectivity index (χ0) is 12.3. The number of para-hydroxylation sites is 1. The van der Waals surface area contributed by atoms with Crippen molar-refractivity contribution < 1.29 is 12.6 Å². The maximum atomic E-state index is 11.7. The van der Waals surface area contributed by atoms with Gasteiger partial charge in [0, 0.05) is 12.6 Å². The smallest absolute Gasteiger partial charge is 0.310 e. The molecule has 0 aromatic heterocycles. The lowest BCUT2D eigenvalue weighted by molar-refractivity contribution is 0.339. The molecule has 0 atom stereocenters. The monoisotopic (exact) mass is 255 g/mol. The molecular formula is C12H17NO3S. The Kier molecular flexibility index (Phi) is 3.69. The van der Waals surface area contributed by atoms with E-state index >= 15 is 0 Å². The fraction of sp³-hybridized carbons (Fsp3) is 0.500. The first kappa shape index (κ1) is 12.4. The molecule has 4 nitrogen and oxygen atoms in total. The van der Waals surface area contributed by atoms with E-state index < -0.39 is 10.1 Å². The van der Waals surface area contributed by atoms with E-state index in [1.807, 2.05) is 13.1 Å². The molecule has 0 heterocycles. The quantitative estimate of drug-likeness (QED) is 0.723. The third kappa shape index (κ3) is 4.02. The van der Waals surface area contributed by atoms with Gasteiger partial charge in [0.15, 0.2) is 0 Å². The lowest BCUT2D eigenvalue weighted by Crippen LogP contribution is -2.29. The summed E-state index contributed by atoms with van der Waals surface area (Å²) in [6, 6.07) is 9.18. The Morgan fingerprint density at radius 2 is 1.94 bits per heavy atom. The van der Waals surface area contributed by atoms with Gasteiger partial charge in [-0.3, -0.25) is 0 Å². The summed E-state index contributed by atoms with van der Waals surface area (Å²) in [5.41, 5.74) is 0. The summed E-state index contributed by atoms with van der Waals surface area (Å²) < 4.78 is 28.4. The first-order valence-corrected chi connectivity index (χ1v) is 7.32. The van der Waals surface area contributed by atoms with E-state index in [1.54, 1.807) is 24.3 Å². The average Bonchev–Trinajstić information content (AvgIpc) is 3.10. The normalized spacial score (nSPS) is 16.1. The van der Waals surface area contributed by atoms with Gasteiger partial charge in [-0.25, -0.2) is 0 Å². The van der Waals surface area contributed by atoms with Crippen LogP contribution in [-0.2, 0) is 10.1 Å². The Hall–Kier alpha value is -1.07. The summed E-state index contributed by atoms with van der Waals surface area (Å²) in [7, 11) is -1.52. The van der Waals surface area contributed by atoms with Gasteiger partial charge < -0.3 is 9.08 Å². The van der Waals surface area contributed by atoms with Gasteiger partial charge in [0.1, 0.15) is 5.75 Å². The Morgan fingerprint density at radius 3 is 2.53 bits per heavy atom. The molecule has 0 saturated heterocycles. The van der Waals surface area contributed by atoms with Crippen LogP contribution in [0.25, 0.3) is 0 Å². The molecule has 0 radical (unpaired) electrons. The van der Waals surface area contributed by atoms with Crippen LogP contribution in [-0.4, -0.2) is 38.7 Å². The number of hydrogen-bond acceptors (Lipinski definition) is 4. The highest BCUT2D eigenvalue weighted by Gasteiger charge is 2.27. The molecule has 2 rings (SSSR count). The first-order valence-electron chi connectivity index (χ1n) is 5.74. The zero-order valence-corrected chi connectivity index (χ0v) is 10.7. The van der Waals surface area contributed by atoms with Crippen molar-refractivity contribution in [2.24, 2.45) is 0 Å². The predicted molar refractivity (Wildman–Crippen MR) is 66.5 cm³/mol. The molecule has 1 saturated carbocycles. The van der Waals surface area contributed by atoms with Crippen LogP contribution in [0.1, 0.15) is 12.8 Å². The van der Waals surface area contributed by atoms with Crippen molar-refractivity contribution in [3.8, 4) is 5.75 Å². The molecule has 1 aliphatic rings. The van der Waals surface area contributed by atoms with E-state index in [1.165, 1.54) is 12.8 Å². The summed E-state index contributed by atoms with van der Waals surface area (Å²) in [5, 5.41) is 0. The van der Waals surface area contributed by atoms with Crippen molar-refractivity contribution in [1.82, 2.24) is 4.90 Å². The fourth-order valence-corrected chi connectivity index (χ4v) is 2.62. The summed E-state index contributed by atoms with van der Waals surface area (Å²) in [5.74, 6) is 0.413. The van der Waals surface area contributed by atoms with Crippen LogP contribution in [0.3, 0.4) is 0 Å². The van der Waals surface area contributed by atoms with Crippen molar-refractivity contribution in [3.63, 3.8) is 0 Å². The number of benzene rings is 1. The van der Waals surface area contributed by atoms with Gasteiger partial charge >= 0.3 is 10.1 Å². The van der Waals surface area contributed by atoms with Crippen molar-refractivity contribution >= 4 is 10.1 Å². The molecule has 5 heteroatoms. The van der Waals surface area contributed by atoms with E-state index in [2.05, 4.69) is 4.90 Å². The SMILES string of the molecule is CN(CCS(=O)(=O)Oc1ccccc1)C1CC1. The van der Waals surface area contributed by atoms with Gasteiger partial charge in [-0.05, 0) is 32.0 Å². The summed E-state index contributed by atoms with van der Waals surface area (Å²) in [6.45, 7) is 0.528. The second-order valence-electron chi connectivity index (χ2n) is 4.37. The van der Waals surface area contributed by atoms with Gasteiger partial charge in [-0.15, -0.1) is 0 Å². The van der Waals surface area contributed by atoms with E-state index in [-0.39, 0.29) is 5.75 Å². The Morgan fingerprint density at radius 1 is 1.29 bits per heavy atom. The highest BCUT2D eigenvalue weighted by atomic mass is 32.2. The Labute approximate surface area is 102 Å². The lowest BCUT2D eigenvalue weighted by Gasteiger charge is -2.15. The molecule has 1 aromatic rings. The number of rotatable bonds is 6. The molecule has 0 amide bonds. The highest BCUT2D eigenvalue weighted by Crippen LogP contribution is 2.25. The molecule has 0 N–H and O–H groups in total. The number of nitrogens with zero attached hydrogens (tertiary/aromatic N) is 1. The van der Waals surface area contributed by atoms with Gasteiger partial charge in [-0.2, -0.15) is 8.42 Å². The fourth-order valence-electron chi connectivity index (χ4n) is 1.62. The third-order valence-corrected chi connectivity index (χ3v) is 3.96. The van der Waals surface area contributed by atoms with Crippen LogP contribution in [0.15, 0.2) is 30.3 Å². The average molecular weight is 255 g/mol. The highest BCUT2D eigenvalue weighted by molar-refractivity contribution is 7.87. The van der Waals surface area contributed by atoms with Crippen LogP contribution >= 0.6 is 0 Å². The van der Waals surface area contributed by atoms with Crippen LogP contribution in [0.4, 0.5) is 0 Å². The van der Waals surface area contributed by atoms with Gasteiger partial charge in [0.05, 0.1) is 5.75 Å². The van der Waals surface area contributed by atoms with Gasteiger partial charge in [0.2, 0.25) is 0 Å². The van der Waals surface area contributed by atoms with Crippen molar-refractivity contribution in [2.75, 3.05) is 19.3 Å². The third-order valence-electron chi connectivity index (χ3n) is 2.83. The van der Waals surface area contributed by atoms with E-state index in [4.69, 9.17) is 4.18 Å². The molecule has 0 unspecified atom stereocenters. The minimum atomic E-state index is -3.48. The van der Waals surface area contributed by atoms with E-state index in [0.717, 1.165) is 0 Å². The molecular weight excluding hydrogens is 238 g/mol. The number of hydrogen-bond donors (Lipinski definition) is 0. The zero-order valence-electron chi connectivity index (χ0n) is 9.87. The molecule has 0 spiro atoms. The molecule has 94 valence electrons. The molecule has 1 aromatic carbocycles. The molecule has 0 aliphatic heterocycles. The summed E-state index contributed by atoms with van der Waals surface area (Å²) in [4.78, 5) is 2.08. The molecule has 17 heavy (non-hydrogen) atoms. The standard InChI is InChI=1S/C12H17NO3S/c1-13(11-7-8-11)9-10-17(14,15)16-12-5-3-2-4-6-12/h2-6,11H,7-10H2,1H3. The van der Waals surface area contributed by atoms with Gasteiger partial charge in [0.25, 0.3) is 0 Å². The molecule has 1 fully saturated rings. The second-order valence-corrected chi connectivity index (χ2v) is 6.06. The largest absolute Gasteiger partial charge is 0.382 e. The second kappa shape index (κ2) is 5.06. The van der Waals surface area contributed by atoms with Crippen LogP contribution < -0.4 is 4.18 Å². The Bertz CT molecular complexity index is 454. The van der Waals surface area contributed by atoms with E-state index in [0.29, 0.717) is 18.3 Å². The summed E-state index contributed by atoms with van der Waals surface area (Å²) in [6.07, 6.45) is 2.35. The van der Waals surface area contributed by atoms with Crippen LogP contribution in [0.2, 0.25) is 0 Å². The van der Waals surface area contributed by atoms with Crippen molar-refractivity contribution in [2.45, 2.75) is 18.9 Å². The van der Waals surface area contributed by atoms with Crippen molar-refractivity contribution in [3.05, 3.63) is 30.3 Å². The van der Waals surface area contributed by atoms with Crippen LogP contribution in [0, 0.1) is 0 Å². The first-order chi connectivity index (χ1) is 8.07. The maximum absolute atomic E-state index is 11.7. The predicted octanol–water partition coefficient (Wildman–Crippen LogP) is 1.49. The van der Waals surface area contributed by atoms with Crippen LogP contribution in [0.5, 0.6) is 5.75 Å². The van der Waals surface area contributed by atoms with E-state index in [9.17, 15) is 8.42 Å². The molecule has 0 bridgehead atoms. The Balaban J connectivity index is 1.86. The molecule has 1 aliphatic carbocycles. The minimum Gasteiger partial charge on any atom is -0.382 e. The van der Waals surface area contributed by atoms with Crippen molar-refractivity contribution in [1.29, 1.82) is 0 Å². The topological polar surface area (TPSA) is 46.6 Å². The maximum Gasteiger partial charge on any atom is 0.310 e. The van der Waals surface area contributed by atoms with Gasteiger partial charge in [-0.1, -0.05) is 18.2 Å².